The molecule has 3 aromatic heterocycles. The molecule has 0 unspecified atom stereocenters. The summed E-state index contributed by atoms with van der Waals surface area (Å²) in [5.41, 5.74) is 0.851. The number of carboxylic acid groups (broad SMARTS) is 1. The van der Waals surface area contributed by atoms with Gasteiger partial charge < -0.3 is 19.6 Å². The number of hydrogen-bond donors (Lipinski definition) is 1. The Morgan fingerprint density at radius 3 is 2.56 bits per heavy atom. The molecule has 0 aromatic carbocycles. The molecule has 1 saturated heterocycles. The smallest absolute Gasteiger partial charge is 0.338 e. The summed E-state index contributed by atoms with van der Waals surface area (Å²) in [6.45, 7) is 10.5. The minimum Gasteiger partial charge on any atom is -0.478 e. The predicted molar refractivity (Wildman–Crippen MR) is 125 cm³/mol. The molecule has 1 aliphatic heterocycles. The molecule has 170 valence electrons. The van der Waals surface area contributed by atoms with E-state index in [4.69, 9.17) is 21.4 Å². The molecule has 0 saturated carbocycles. The molecule has 4 rings (SSSR count). The number of carbonyl (C=O) groups is 1. The van der Waals surface area contributed by atoms with Gasteiger partial charge >= 0.3 is 5.97 Å². The van der Waals surface area contributed by atoms with Crippen molar-refractivity contribution in [2.24, 2.45) is 5.41 Å². The lowest BCUT2D eigenvalue weighted by Gasteiger charge is -2.29. The first-order valence-electron chi connectivity index (χ1n) is 10.3. The summed E-state index contributed by atoms with van der Waals surface area (Å²) in [7, 11) is 0. The Hall–Kier alpha value is -2.56. The van der Waals surface area contributed by atoms with Crippen molar-refractivity contribution in [1.82, 2.24) is 19.9 Å². The van der Waals surface area contributed by atoms with Crippen molar-refractivity contribution < 1.29 is 14.6 Å². The summed E-state index contributed by atoms with van der Waals surface area (Å²) in [4.78, 5) is 34.0. The number of halogens is 1. The molecule has 9 nitrogen and oxygen atoms in total. The average Bonchev–Trinajstić information content (AvgIpc) is 3.14. The molecule has 1 N–H and O–H groups in total. The van der Waals surface area contributed by atoms with Crippen LogP contribution in [-0.4, -0.2) is 63.9 Å². The Bertz CT molecular complexity index is 1110. The van der Waals surface area contributed by atoms with E-state index in [1.54, 1.807) is 11.3 Å². The highest BCUT2D eigenvalue weighted by molar-refractivity contribution is 7.19. The highest BCUT2D eigenvalue weighted by Gasteiger charge is 2.23. The van der Waals surface area contributed by atoms with E-state index < -0.39 is 5.97 Å². The van der Waals surface area contributed by atoms with Gasteiger partial charge in [-0.2, -0.15) is 4.98 Å². The number of fused-ring (bicyclic) bond motifs is 1. The first-order valence-corrected chi connectivity index (χ1v) is 11.5. The van der Waals surface area contributed by atoms with E-state index >= 15 is 0 Å². The lowest BCUT2D eigenvalue weighted by molar-refractivity contribution is 0.0696. The van der Waals surface area contributed by atoms with E-state index in [0.29, 0.717) is 32.3 Å². The SMILES string of the molecule is CC(C)(C)CN(Cc1cc2nc(Cl)nc(N3CCOCC3)c2s1)c1ncc(C(=O)O)cn1. The van der Waals surface area contributed by atoms with Gasteiger partial charge in [-0.15, -0.1) is 11.3 Å². The Labute approximate surface area is 195 Å². The second-order valence-corrected chi connectivity index (χ2v) is 10.3. The number of rotatable bonds is 6. The Morgan fingerprint density at radius 2 is 1.94 bits per heavy atom. The number of aromatic nitrogens is 4. The lowest BCUT2D eigenvalue weighted by atomic mass is 9.96. The second-order valence-electron chi connectivity index (χ2n) is 8.84. The van der Waals surface area contributed by atoms with E-state index in [9.17, 15) is 4.79 Å². The van der Waals surface area contributed by atoms with Gasteiger partial charge in [0.1, 0.15) is 0 Å². The van der Waals surface area contributed by atoms with E-state index in [1.165, 1.54) is 12.4 Å². The fourth-order valence-corrected chi connectivity index (χ4v) is 4.86. The summed E-state index contributed by atoms with van der Waals surface area (Å²) in [6.07, 6.45) is 2.68. The van der Waals surface area contributed by atoms with Gasteiger partial charge in [-0.25, -0.2) is 19.7 Å². The molecule has 3 aromatic rings. The van der Waals surface area contributed by atoms with Crippen molar-refractivity contribution in [3.8, 4) is 0 Å². The standard InChI is InChI=1S/C21H25ClN6O3S/c1-21(2,3)12-28(20-23-9-13(10-24-20)18(29)30)11-14-8-15-16(32-14)17(26-19(22)25-15)27-4-6-31-7-5-27/h8-10H,4-7,11-12H2,1-3H3,(H,29,30). The maximum Gasteiger partial charge on any atom is 0.338 e. The Kier molecular flexibility index (Phi) is 6.45. The highest BCUT2D eigenvalue weighted by Crippen LogP contribution is 2.34. The summed E-state index contributed by atoms with van der Waals surface area (Å²) in [5.74, 6) is 0.276. The molecule has 11 heteroatoms. The van der Waals surface area contributed by atoms with Gasteiger partial charge in [0.05, 0.1) is 35.5 Å². The molecule has 0 spiro atoms. The quantitative estimate of drug-likeness (QED) is 0.533. The van der Waals surface area contributed by atoms with E-state index in [-0.39, 0.29) is 16.3 Å². The minimum absolute atomic E-state index is 0.0203. The van der Waals surface area contributed by atoms with Crippen molar-refractivity contribution >= 4 is 50.9 Å². The van der Waals surface area contributed by atoms with Gasteiger partial charge in [0.25, 0.3) is 0 Å². The third-order valence-corrected chi connectivity index (χ3v) is 6.14. The van der Waals surface area contributed by atoms with Crippen LogP contribution < -0.4 is 9.80 Å². The van der Waals surface area contributed by atoms with Crippen LogP contribution >= 0.6 is 22.9 Å². The zero-order valence-electron chi connectivity index (χ0n) is 18.2. The van der Waals surface area contributed by atoms with Gasteiger partial charge in [-0.3, -0.25) is 0 Å². The normalized spacial score (nSPS) is 14.7. The van der Waals surface area contributed by atoms with Crippen LogP contribution in [0, 0.1) is 5.41 Å². The van der Waals surface area contributed by atoms with E-state index in [2.05, 4.69) is 50.5 Å². The van der Waals surface area contributed by atoms with Crippen LogP contribution in [0.5, 0.6) is 0 Å². The Balaban J connectivity index is 1.67. The lowest BCUT2D eigenvalue weighted by Crippen LogP contribution is -2.36. The second kappa shape index (κ2) is 9.13. The fraction of sp³-hybridized carbons (Fsp3) is 0.476. The van der Waals surface area contributed by atoms with Gasteiger partial charge in [-0.05, 0) is 23.1 Å². The predicted octanol–water partition coefficient (Wildman–Crippen LogP) is 3.72. The molecule has 0 bridgehead atoms. The van der Waals surface area contributed by atoms with Gasteiger partial charge in [0.15, 0.2) is 5.82 Å². The molecule has 0 radical (unpaired) electrons. The third kappa shape index (κ3) is 5.25. The van der Waals surface area contributed by atoms with Crippen molar-refractivity contribution in [1.29, 1.82) is 0 Å². The van der Waals surface area contributed by atoms with E-state index in [1.807, 2.05) is 6.07 Å². The number of anilines is 2. The Morgan fingerprint density at radius 1 is 1.25 bits per heavy atom. The average molecular weight is 477 g/mol. The first-order chi connectivity index (χ1) is 15.2. The number of morpholine rings is 1. The van der Waals surface area contributed by atoms with Crippen LogP contribution in [0.25, 0.3) is 10.2 Å². The third-order valence-electron chi connectivity index (χ3n) is 4.87. The largest absolute Gasteiger partial charge is 0.478 e. The van der Waals surface area contributed by atoms with Gasteiger partial charge in [-0.1, -0.05) is 20.8 Å². The molecular weight excluding hydrogens is 452 g/mol. The molecule has 32 heavy (non-hydrogen) atoms. The van der Waals surface area contributed by atoms with Crippen LogP contribution in [0.2, 0.25) is 5.28 Å². The molecule has 0 atom stereocenters. The number of ether oxygens (including phenoxy) is 1. The van der Waals surface area contributed by atoms with Crippen LogP contribution in [0.15, 0.2) is 18.5 Å². The molecule has 1 fully saturated rings. The monoisotopic (exact) mass is 476 g/mol. The molecule has 0 aliphatic carbocycles. The van der Waals surface area contributed by atoms with Crippen molar-refractivity contribution in [3.63, 3.8) is 0 Å². The van der Waals surface area contributed by atoms with Crippen molar-refractivity contribution in [2.75, 3.05) is 42.6 Å². The topological polar surface area (TPSA) is 105 Å². The zero-order valence-corrected chi connectivity index (χ0v) is 19.8. The number of aromatic carboxylic acids is 1. The first kappa shape index (κ1) is 22.6. The molecule has 1 aliphatic rings. The summed E-state index contributed by atoms with van der Waals surface area (Å²) < 4.78 is 6.46. The number of nitrogens with zero attached hydrogens (tertiary/aromatic N) is 6. The van der Waals surface area contributed by atoms with Crippen LogP contribution in [0.3, 0.4) is 0 Å². The van der Waals surface area contributed by atoms with Gasteiger partial charge in [0, 0.05) is 36.9 Å². The summed E-state index contributed by atoms with van der Waals surface area (Å²) >= 11 is 7.85. The van der Waals surface area contributed by atoms with Gasteiger partial charge in [0.2, 0.25) is 11.2 Å². The van der Waals surface area contributed by atoms with Crippen LogP contribution in [-0.2, 0) is 11.3 Å². The maximum atomic E-state index is 11.2. The summed E-state index contributed by atoms with van der Waals surface area (Å²) in [6, 6.07) is 2.03. The zero-order chi connectivity index (χ0) is 22.9. The molecule has 0 amide bonds. The van der Waals surface area contributed by atoms with E-state index in [0.717, 1.165) is 34.0 Å². The number of thiophene rings is 1. The highest BCUT2D eigenvalue weighted by atomic mass is 35.5. The maximum absolute atomic E-state index is 11.2. The molecular formula is C21H25ClN6O3S. The number of hydrogen-bond acceptors (Lipinski definition) is 9. The van der Waals surface area contributed by atoms with Crippen LogP contribution in [0.4, 0.5) is 11.8 Å². The molecule has 4 heterocycles. The minimum atomic E-state index is -1.05. The number of carboxylic acids is 1. The summed E-state index contributed by atoms with van der Waals surface area (Å²) in [5, 5.41) is 9.37. The van der Waals surface area contributed by atoms with Crippen molar-refractivity contribution in [2.45, 2.75) is 27.3 Å². The van der Waals surface area contributed by atoms with Crippen LogP contribution in [0.1, 0.15) is 36.0 Å². The van der Waals surface area contributed by atoms with Crippen molar-refractivity contribution in [3.05, 3.63) is 34.2 Å². The fourth-order valence-electron chi connectivity index (χ4n) is 3.56.